The predicted molar refractivity (Wildman–Crippen MR) is 158 cm³/mol. The number of fused-ring (bicyclic) bond motifs is 2. The molecule has 2 N–H and O–H groups in total. The van der Waals surface area contributed by atoms with Gasteiger partial charge in [-0.1, -0.05) is 35.9 Å². The van der Waals surface area contributed by atoms with Gasteiger partial charge in [-0.15, -0.1) is 0 Å². The molecule has 5 nitrogen and oxygen atoms in total. The zero-order chi connectivity index (χ0) is 23.8. The van der Waals surface area contributed by atoms with Gasteiger partial charge < -0.3 is 9.73 Å². The first-order valence-corrected chi connectivity index (χ1v) is 13.0. The van der Waals surface area contributed by atoms with Gasteiger partial charge in [0.2, 0.25) is 5.89 Å². The number of carbonyl (C=O) groups is 1. The van der Waals surface area contributed by atoms with Crippen LogP contribution >= 0.6 is 69.0 Å². The minimum Gasteiger partial charge on any atom is -0.436 e. The highest BCUT2D eigenvalue weighted by Crippen LogP contribution is 2.34. The van der Waals surface area contributed by atoms with Crippen molar-refractivity contribution in [2.24, 2.45) is 0 Å². The smallest absolute Gasteiger partial charge is 0.258 e. The van der Waals surface area contributed by atoms with E-state index in [2.05, 4.69) is 60.8 Å². The Hall–Kier alpha value is -2.28. The SMILES string of the molecule is O=C(NC(=S)Nc1ccc2oc(-c3cccc4c(Cl)cccc34)nc2c1)c1cc(I)ccc1I. The number of hydrogen-bond acceptors (Lipinski definition) is 4. The number of hydrogen-bond donors (Lipinski definition) is 2. The van der Waals surface area contributed by atoms with E-state index in [0.29, 0.717) is 33.3 Å². The lowest BCUT2D eigenvalue weighted by Crippen LogP contribution is -2.34. The van der Waals surface area contributed by atoms with Gasteiger partial charge in [-0.05, 0) is 111 Å². The molecule has 0 saturated carbocycles. The topological polar surface area (TPSA) is 67.2 Å². The molecular formula is C25H14ClI2N3O2S. The highest BCUT2D eigenvalue weighted by molar-refractivity contribution is 14.1. The van der Waals surface area contributed by atoms with E-state index in [1.165, 1.54) is 0 Å². The lowest BCUT2D eigenvalue weighted by atomic mass is 10.0. The summed E-state index contributed by atoms with van der Waals surface area (Å²) in [5.41, 5.74) is 3.43. The number of halogens is 3. The van der Waals surface area contributed by atoms with Crippen LogP contribution in [0.3, 0.4) is 0 Å². The Morgan fingerprint density at radius 2 is 1.76 bits per heavy atom. The van der Waals surface area contributed by atoms with Crippen molar-refractivity contribution in [1.82, 2.24) is 10.3 Å². The van der Waals surface area contributed by atoms with Crippen molar-refractivity contribution < 1.29 is 9.21 Å². The Morgan fingerprint density at radius 1 is 0.971 bits per heavy atom. The third-order valence-corrected chi connectivity index (χ3v) is 7.29. The average Bonchev–Trinajstić information content (AvgIpc) is 3.23. The predicted octanol–water partition coefficient (Wildman–Crippen LogP) is 7.64. The maximum Gasteiger partial charge on any atom is 0.258 e. The number of carbonyl (C=O) groups excluding carboxylic acids is 1. The fourth-order valence-corrected chi connectivity index (χ4v) is 5.10. The summed E-state index contributed by atoms with van der Waals surface area (Å²) >= 11 is 16.0. The van der Waals surface area contributed by atoms with Crippen molar-refractivity contribution in [3.8, 4) is 11.5 Å². The highest BCUT2D eigenvalue weighted by atomic mass is 127. The summed E-state index contributed by atoms with van der Waals surface area (Å²) in [5, 5.41) is 8.57. The van der Waals surface area contributed by atoms with Crippen LogP contribution in [-0.4, -0.2) is 16.0 Å². The maximum absolute atomic E-state index is 12.6. The Labute approximate surface area is 232 Å². The average molecular weight is 710 g/mol. The number of amides is 1. The van der Waals surface area contributed by atoms with Crippen molar-refractivity contribution in [3.63, 3.8) is 0 Å². The summed E-state index contributed by atoms with van der Waals surface area (Å²) in [5.74, 6) is 0.240. The number of oxazole rings is 1. The summed E-state index contributed by atoms with van der Waals surface area (Å²) in [6, 6.07) is 22.8. The van der Waals surface area contributed by atoms with Gasteiger partial charge in [0.1, 0.15) is 5.52 Å². The molecule has 0 bridgehead atoms. The Balaban J connectivity index is 1.38. The van der Waals surface area contributed by atoms with Gasteiger partial charge in [0.05, 0.1) is 5.56 Å². The van der Waals surface area contributed by atoms with E-state index in [-0.39, 0.29) is 11.0 Å². The second-order valence-electron chi connectivity index (χ2n) is 7.37. The van der Waals surface area contributed by atoms with Crippen molar-refractivity contribution in [2.75, 3.05) is 5.32 Å². The number of anilines is 1. The molecule has 9 heteroatoms. The van der Waals surface area contributed by atoms with Gasteiger partial charge in [0.25, 0.3) is 5.91 Å². The number of nitrogens with one attached hydrogen (secondary N) is 2. The quantitative estimate of drug-likeness (QED) is 0.149. The van der Waals surface area contributed by atoms with Crippen LogP contribution in [0.2, 0.25) is 5.02 Å². The second kappa shape index (κ2) is 9.76. The summed E-state index contributed by atoms with van der Waals surface area (Å²) in [6.45, 7) is 0. The molecule has 0 saturated heterocycles. The van der Waals surface area contributed by atoms with Gasteiger partial charge in [0.15, 0.2) is 10.7 Å². The van der Waals surface area contributed by atoms with Gasteiger partial charge in [-0.3, -0.25) is 10.1 Å². The molecular weight excluding hydrogens is 696 g/mol. The monoisotopic (exact) mass is 709 g/mol. The molecule has 4 aromatic carbocycles. The molecule has 0 aliphatic carbocycles. The van der Waals surface area contributed by atoms with E-state index in [1.807, 2.05) is 72.8 Å². The first kappa shape index (κ1) is 23.5. The number of benzene rings is 4. The minimum atomic E-state index is -0.264. The van der Waals surface area contributed by atoms with Crippen molar-refractivity contribution >= 4 is 108 Å². The van der Waals surface area contributed by atoms with Crippen molar-refractivity contribution in [2.45, 2.75) is 0 Å². The lowest BCUT2D eigenvalue weighted by Gasteiger charge is -2.10. The van der Waals surface area contributed by atoms with Crippen LogP contribution in [-0.2, 0) is 0 Å². The molecule has 0 aliphatic rings. The Kier molecular flexibility index (Phi) is 6.74. The third-order valence-electron chi connectivity index (χ3n) is 5.14. The molecule has 1 amide bonds. The summed E-state index contributed by atoms with van der Waals surface area (Å²) in [6.07, 6.45) is 0. The van der Waals surface area contributed by atoms with Crippen LogP contribution in [0.25, 0.3) is 33.3 Å². The fraction of sp³-hybridized carbons (Fsp3) is 0. The largest absolute Gasteiger partial charge is 0.436 e. The van der Waals surface area contributed by atoms with E-state index < -0.39 is 0 Å². The van der Waals surface area contributed by atoms with E-state index in [1.54, 1.807) is 0 Å². The molecule has 168 valence electrons. The molecule has 0 atom stereocenters. The first-order chi connectivity index (χ1) is 16.4. The van der Waals surface area contributed by atoms with Crippen LogP contribution in [0.4, 0.5) is 5.69 Å². The van der Waals surface area contributed by atoms with Gasteiger partial charge in [-0.2, -0.15) is 0 Å². The molecule has 1 heterocycles. The normalized spacial score (nSPS) is 11.0. The first-order valence-electron chi connectivity index (χ1n) is 10.0. The minimum absolute atomic E-state index is 0.200. The van der Waals surface area contributed by atoms with Crippen molar-refractivity contribution in [1.29, 1.82) is 0 Å². The van der Waals surface area contributed by atoms with Crippen LogP contribution < -0.4 is 10.6 Å². The van der Waals surface area contributed by atoms with Crippen LogP contribution in [0.5, 0.6) is 0 Å². The lowest BCUT2D eigenvalue weighted by molar-refractivity contribution is 0.0977. The van der Waals surface area contributed by atoms with Gasteiger partial charge in [-0.25, -0.2) is 4.98 Å². The fourth-order valence-electron chi connectivity index (χ4n) is 3.58. The van der Waals surface area contributed by atoms with Crippen LogP contribution in [0, 0.1) is 7.14 Å². The number of nitrogens with zero attached hydrogens (tertiary/aromatic N) is 1. The molecule has 0 fully saturated rings. The number of aromatic nitrogens is 1. The zero-order valence-electron chi connectivity index (χ0n) is 17.2. The summed E-state index contributed by atoms with van der Waals surface area (Å²) in [4.78, 5) is 17.3. The van der Waals surface area contributed by atoms with E-state index in [9.17, 15) is 4.79 Å². The highest BCUT2D eigenvalue weighted by Gasteiger charge is 2.15. The Morgan fingerprint density at radius 3 is 2.62 bits per heavy atom. The number of thiocarbonyl (C=S) groups is 1. The van der Waals surface area contributed by atoms with E-state index in [0.717, 1.165) is 23.5 Å². The van der Waals surface area contributed by atoms with Crippen LogP contribution in [0.1, 0.15) is 10.4 Å². The summed E-state index contributed by atoms with van der Waals surface area (Å²) < 4.78 is 7.85. The molecule has 1 aromatic heterocycles. The van der Waals surface area contributed by atoms with Crippen molar-refractivity contribution in [3.05, 3.63) is 90.5 Å². The molecule has 0 unspecified atom stereocenters. The molecule has 0 aliphatic heterocycles. The Bertz CT molecular complexity index is 1600. The standard InChI is InChI=1S/C25H14ClI2N3O2S/c26-19-6-2-3-15-16(19)4-1-5-17(15)24-30-21-12-14(8-10-22(21)33-24)29-25(34)31-23(32)18-11-13(27)7-9-20(18)28/h1-12H,(H2,29,31,32,34). The van der Waals surface area contributed by atoms with E-state index in [4.69, 9.17) is 28.2 Å². The maximum atomic E-state index is 12.6. The third kappa shape index (κ3) is 4.77. The molecule has 0 spiro atoms. The second-order valence-corrected chi connectivity index (χ2v) is 10.6. The van der Waals surface area contributed by atoms with Crippen LogP contribution in [0.15, 0.2) is 77.2 Å². The molecule has 5 rings (SSSR count). The molecule has 5 aromatic rings. The van der Waals surface area contributed by atoms with Gasteiger partial charge in [0, 0.05) is 28.8 Å². The summed E-state index contributed by atoms with van der Waals surface area (Å²) in [7, 11) is 0. The van der Waals surface area contributed by atoms with Gasteiger partial charge >= 0.3 is 0 Å². The zero-order valence-corrected chi connectivity index (χ0v) is 23.1. The molecule has 34 heavy (non-hydrogen) atoms. The van der Waals surface area contributed by atoms with E-state index >= 15 is 0 Å². The number of rotatable bonds is 3. The molecule has 0 radical (unpaired) electrons.